The summed E-state index contributed by atoms with van der Waals surface area (Å²) in [5.74, 6) is 0.444. The van der Waals surface area contributed by atoms with Crippen molar-refractivity contribution < 1.29 is 19.4 Å². The Morgan fingerprint density at radius 2 is 1.73 bits per heavy atom. The number of hydrogen-bond donors (Lipinski definition) is 1. The zero-order valence-electron chi connectivity index (χ0n) is 22.5. The second-order valence-corrected chi connectivity index (χ2v) is 10.6. The summed E-state index contributed by atoms with van der Waals surface area (Å²) in [6, 6.07) is 21.1. The molecule has 0 aliphatic carbocycles. The molecule has 1 saturated heterocycles. The number of benzene rings is 3. The van der Waals surface area contributed by atoms with Crippen molar-refractivity contribution in [1.82, 2.24) is 14.9 Å². The minimum absolute atomic E-state index is 0.00744. The molecule has 1 aliphatic heterocycles. The van der Waals surface area contributed by atoms with Gasteiger partial charge in [-0.05, 0) is 80.0 Å². The number of rotatable bonds is 9. The monoisotopic (exact) mass is 557 g/mol. The van der Waals surface area contributed by atoms with Crippen molar-refractivity contribution in [3.63, 3.8) is 0 Å². The Hall–Kier alpha value is -3.97. The molecule has 0 unspecified atom stereocenters. The molecule has 1 amide bonds. The molecular weight excluding hydrogens is 526 g/mol. The third-order valence-corrected chi connectivity index (χ3v) is 7.77. The van der Waals surface area contributed by atoms with Crippen molar-refractivity contribution in [2.75, 3.05) is 20.2 Å². The van der Waals surface area contributed by atoms with Crippen molar-refractivity contribution in [2.24, 2.45) is 0 Å². The number of fused-ring (bicyclic) bond motifs is 1. The van der Waals surface area contributed by atoms with E-state index in [0.29, 0.717) is 59.9 Å². The molecule has 1 fully saturated rings. The van der Waals surface area contributed by atoms with Gasteiger partial charge in [0, 0.05) is 35.7 Å². The van der Waals surface area contributed by atoms with Crippen LogP contribution in [0.2, 0.25) is 5.02 Å². The SMILES string of the molecule is COc1ccccc1C1CCN(C(=O)c2ccc3nc(-c4ccc(Cl)cc4)c(CCCCC(=O)O)nc3c2)CC1. The maximum Gasteiger partial charge on any atom is 0.303 e. The highest BCUT2D eigenvalue weighted by Crippen LogP contribution is 2.34. The molecular formula is C32H32ClN3O4. The molecule has 0 saturated carbocycles. The summed E-state index contributed by atoms with van der Waals surface area (Å²) < 4.78 is 5.55. The van der Waals surface area contributed by atoms with Crippen molar-refractivity contribution in [1.29, 1.82) is 0 Å². The number of piperidine rings is 1. The van der Waals surface area contributed by atoms with Crippen LogP contribution in [0, 0.1) is 0 Å². The molecule has 5 rings (SSSR count). The first-order chi connectivity index (χ1) is 19.4. The second kappa shape index (κ2) is 12.5. The van der Waals surface area contributed by atoms with Gasteiger partial charge in [-0.15, -0.1) is 0 Å². The predicted octanol–water partition coefficient (Wildman–Crippen LogP) is 6.78. The lowest BCUT2D eigenvalue weighted by atomic mass is 9.88. The molecule has 1 N–H and O–H groups in total. The maximum absolute atomic E-state index is 13.5. The third-order valence-electron chi connectivity index (χ3n) is 7.52. The number of unbranched alkanes of at least 4 members (excludes halogenated alkanes) is 1. The number of aromatic nitrogens is 2. The molecule has 0 spiro atoms. The molecule has 8 heteroatoms. The van der Waals surface area contributed by atoms with Gasteiger partial charge in [0.1, 0.15) is 5.75 Å². The number of aryl methyl sites for hydroxylation is 1. The van der Waals surface area contributed by atoms with Gasteiger partial charge in [0.2, 0.25) is 0 Å². The normalized spacial score (nSPS) is 13.9. The number of ether oxygens (including phenoxy) is 1. The first-order valence-electron chi connectivity index (χ1n) is 13.6. The van der Waals surface area contributed by atoms with Crippen molar-refractivity contribution in [3.8, 4) is 17.0 Å². The van der Waals surface area contributed by atoms with E-state index in [1.807, 2.05) is 65.6 Å². The number of carboxylic acid groups (broad SMARTS) is 1. The second-order valence-electron chi connectivity index (χ2n) is 10.1. The van der Waals surface area contributed by atoms with E-state index >= 15 is 0 Å². The number of halogens is 1. The Morgan fingerprint density at radius 1 is 0.975 bits per heavy atom. The number of carboxylic acids is 1. The average molecular weight is 558 g/mol. The molecule has 0 atom stereocenters. The van der Waals surface area contributed by atoms with Crippen LogP contribution < -0.4 is 4.74 Å². The summed E-state index contributed by atoms with van der Waals surface area (Å²) in [6.07, 6.45) is 3.69. The highest BCUT2D eigenvalue weighted by atomic mass is 35.5. The van der Waals surface area contributed by atoms with Crippen LogP contribution in [0.4, 0.5) is 0 Å². The van der Waals surface area contributed by atoms with Gasteiger partial charge in [0.25, 0.3) is 5.91 Å². The Kier molecular flexibility index (Phi) is 8.60. The molecule has 0 bridgehead atoms. The molecule has 7 nitrogen and oxygen atoms in total. The van der Waals surface area contributed by atoms with Gasteiger partial charge in [-0.1, -0.05) is 41.9 Å². The lowest BCUT2D eigenvalue weighted by Gasteiger charge is -2.32. The van der Waals surface area contributed by atoms with Gasteiger partial charge in [-0.2, -0.15) is 0 Å². The quantitative estimate of drug-likeness (QED) is 0.228. The Labute approximate surface area is 238 Å². The van der Waals surface area contributed by atoms with Crippen LogP contribution in [0.25, 0.3) is 22.3 Å². The number of para-hydroxylation sites is 1. The Bertz CT molecular complexity index is 1510. The highest BCUT2D eigenvalue weighted by molar-refractivity contribution is 6.30. The molecule has 1 aliphatic rings. The lowest BCUT2D eigenvalue weighted by Crippen LogP contribution is -2.38. The van der Waals surface area contributed by atoms with E-state index in [1.54, 1.807) is 7.11 Å². The third kappa shape index (κ3) is 6.26. The first kappa shape index (κ1) is 27.6. The smallest absolute Gasteiger partial charge is 0.303 e. The molecule has 206 valence electrons. The van der Waals surface area contributed by atoms with Crippen LogP contribution in [-0.4, -0.2) is 52.1 Å². The van der Waals surface area contributed by atoms with Crippen molar-refractivity contribution in [3.05, 3.63) is 88.6 Å². The number of carbonyl (C=O) groups excluding carboxylic acids is 1. The largest absolute Gasteiger partial charge is 0.496 e. The van der Waals surface area contributed by atoms with Gasteiger partial charge in [-0.3, -0.25) is 9.59 Å². The molecule has 2 heterocycles. The maximum atomic E-state index is 13.5. The zero-order valence-corrected chi connectivity index (χ0v) is 23.2. The number of hydrogen-bond acceptors (Lipinski definition) is 5. The fourth-order valence-corrected chi connectivity index (χ4v) is 5.51. The number of methoxy groups -OCH3 is 1. The molecule has 40 heavy (non-hydrogen) atoms. The van der Waals surface area contributed by atoms with Crippen LogP contribution in [0.1, 0.15) is 59.6 Å². The van der Waals surface area contributed by atoms with E-state index in [4.69, 9.17) is 31.4 Å². The zero-order chi connectivity index (χ0) is 28.1. The molecule has 1 aromatic heterocycles. The Balaban J connectivity index is 1.36. The van der Waals surface area contributed by atoms with E-state index in [9.17, 15) is 9.59 Å². The summed E-state index contributed by atoms with van der Waals surface area (Å²) in [4.78, 5) is 36.2. The molecule has 0 radical (unpaired) electrons. The van der Waals surface area contributed by atoms with Gasteiger partial charge in [0.15, 0.2) is 0 Å². The van der Waals surface area contributed by atoms with E-state index < -0.39 is 5.97 Å². The van der Waals surface area contributed by atoms with Gasteiger partial charge < -0.3 is 14.7 Å². The predicted molar refractivity (Wildman–Crippen MR) is 156 cm³/mol. The van der Waals surface area contributed by atoms with E-state index in [1.165, 1.54) is 5.56 Å². The number of carbonyl (C=O) groups is 2. The van der Waals surface area contributed by atoms with Gasteiger partial charge in [-0.25, -0.2) is 9.97 Å². The summed E-state index contributed by atoms with van der Waals surface area (Å²) in [7, 11) is 1.69. The minimum atomic E-state index is -0.808. The van der Waals surface area contributed by atoms with Crippen LogP contribution >= 0.6 is 11.6 Å². The number of amides is 1. The van der Waals surface area contributed by atoms with Crippen LogP contribution in [0.5, 0.6) is 5.75 Å². The summed E-state index contributed by atoms with van der Waals surface area (Å²) >= 11 is 6.10. The topological polar surface area (TPSA) is 92.6 Å². The van der Waals surface area contributed by atoms with Crippen LogP contribution in [0.3, 0.4) is 0 Å². The molecule has 3 aromatic carbocycles. The fraction of sp³-hybridized carbons (Fsp3) is 0.312. The van der Waals surface area contributed by atoms with Crippen LogP contribution in [-0.2, 0) is 11.2 Å². The Morgan fingerprint density at radius 3 is 2.45 bits per heavy atom. The van der Waals surface area contributed by atoms with Gasteiger partial charge >= 0.3 is 5.97 Å². The van der Waals surface area contributed by atoms with Crippen LogP contribution in [0.15, 0.2) is 66.7 Å². The number of aliphatic carboxylic acids is 1. The summed E-state index contributed by atoms with van der Waals surface area (Å²) in [6.45, 7) is 1.35. The van der Waals surface area contributed by atoms with E-state index in [0.717, 1.165) is 35.5 Å². The standard InChI is InChI=1S/C32H32ClN3O4/c1-40-29-8-4-2-6-25(29)21-16-18-36(19-17-21)32(39)23-12-15-26-28(20-23)34-27(7-3-5-9-30(37)38)31(35-26)22-10-13-24(33)14-11-22/h2,4,6,8,10-15,20-21H,3,5,7,9,16-19H2,1H3,(H,37,38). The van der Waals surface area contributed by atoms with E-state index in [2.05, 4.69) is 6.07 Å². The first-order valence-corrected chi connectivity index (χ1v) is 14.0. The van der Waals surface area contributed by atoms with Gasteiger partial charge in [0.05, 0.1) is 29.5 Å². The fourth-order valence-electron chi connectivity index (χ4n) is 5.39. The number of nitrogens with zero attached hydrogens (tertiary/aromatic N) is 3. The highest BCUT2D eigenvalue weighted by Gasteiger charge is 2.26. The lowest BCUT2D eigenvalue weighted by molar-refractivity contribution is -0.137. The van der Waals surface area contributed by atoms with E-state index in [-0.39, 0.29) is 12.3 Å². The average Bonchev–Trinajstić information content (AvgIpc) is 2.98. The van der Waals surface area contributed by atoms with Crippen molar-refractivity contribution in [2.45, 2.75) is 44.4 Å². The van der Waals surface area contributed by atoms with Crippen molar-refractivity contribution >= 4 is 34.5 Å². The summed E-state index contributed by atoms with van der Waals surface area (Å²) in [5, 5.41) is 9.65. The molecule has 4 aromatic rings. The minimum Gasteiger partial charge on any atom is -0.496 e. The summed E-state index contributed by atoms with van der Waals surface area (Å²) in [5.41, 5.74) is 5.56. The number of likely N-dealkylation sites (tertiary alicyclic amines) is 1.